The zero-order valence-electron chi connectivity index (χ0n) is 15.5. The highest BCUT2D eigenvalue weighted by Crippen LogP contribution is 2.23. The van der Waals surface area contributed by atoms with Gasteiger partial charge in [-0.1, -0.05) is 0 Å². The minimum Gasteiger partial charge on any atom is -0.497 e. The van der Waals surface area contributed by atoms with Gasteiger partial charge >= 0.3 is 0 Å². The Morgan fingerprint density at radius 2 is 1.93 bits per heavy atom. The Hall–Kier alpha value is -2.87. The van der Waals surface area contributed by atoms with Crippen LogP contribution in [0, 0.1) is 0 Å². The summed E-state index contributed by atoms with van der Waals surface area (Å²) >= 11 is 0. The maximum atomic E-state index is 12.6. The van der Waals surface area contributed by atoms with Gasteiger partial charge in [0.2, 0.25) is 0 Å². The van der Waals surface area contributed by atoms with Crippen molar-refractivity contribution in [2.24, 2.45) is 5.73 Å². The molecule has 1 fully saturated rings. The Balaban J connectivity index is 1.76. The van der Waals surface area contributed by atoms with Gasteiger partial charge in [0.1, 0.15) is 17.3 Å². The Kier molecular flexibility index (Phi) is 5.75. The Morgan fingerprint density at radius 3 is 2.48 bits per heavy atom. The fourth-order valence-electron chi connectivity index (χ4n) is 3.26. The second-order valence-corrected chi connectivity index (χ2v) is 6.59. The molecule has 1 aliphatic rings. The molecule has 0 bridgehead atoms. The van der Waals surface area contributed by atoms with Crippen molar-refractivity contribution in [3.63, 3.8) is 0 Å². The van der Waals surface area contributed by atoms with E-state index < -0.39 is 5.91 Å². The minimum atomic E-state index is -0.571. The number of ether oxygens (including phenoxy) is 2. The second kappa shape index (κ2) is 8.22. The maximum absolute atomic E-state index is 12.6. The molecule has 3 rings (SSSR count). The zero-order chi connectivity index (χ0) is 19.4. The smallest absolute Gasteiger partial charge is 0.252 e. The summed E-state index contributed by atoms with van der Waals surface area (Å²) in [5.74, 6) is 0.599. The fraction of sp³-hybridized carbons (Fsp3) is 0.421. The first-order valence-electron chi connectivity index (χ1n) is 8.82. The Bertz CT molecular complexity index is 818. The van der Waals surface area contributed by atoms with Crippen molar-refractivity contribution in [3.8, 4) is 11.5 Å². The molecule has 0 spiro atoms. The van der Waals surface area contributed by atoms with Gasteiger partial charge in [-0.3, -0.25) is 14.3 Å². The standard InChI is InChI=1S/C19H24N4O4/c1-26-15-6-12(7-16(9-15)27-2)5-14(24)8-18-17(19(20)25)11-23(22-18)13-3-4-21-10-13/h6-7,9,11,13,21H,3-5,8,10H2,1-2H3,(H2,20,25)/t13-/m0/s1. The normalized spacial score (nSPS) is 16.3. The number of rotatable bonds is 8. The molecule has 144 valence electrons. The molecule has 1 amide bonds. The van der Waals surface area contributed by atoms with Crippen molar-refractivity contribution < 1.29 is 19.1 Å². The first-order chi connectivity index (χ1) is 13.0. The molecule has 27 heavy (non-hydrogen) atoms. The number of primary amides is 1. The quantitative estimate of drug-likeness (QED) is 0.712. The average Bonchev–Trinajstić information content (AvgIpc) is 3.30. The van der Waals surface area contributed by atoms with Crippen LogP contribution in [0.3, 0.4) is 0 Å². The van der Waals surface area contributed by atoms with Gasteiger partial charge in [-0.15, -0.1) is 0 Å². The molecule has 1 atom stereocenters. The summed E-state index contributed by atoms with van der Waals surface area (Å²) in [7, 11) is 3.12. The van der Waals surface area contributed by atoms with Crippen molar-refractivity contribution in [3.05, 3.63) is 41.2 Å². The molecule has 1 aromatic carbocycles. The van der Waals surface area contributed by atoms with Gasteiger partial charge in [-0.2, -0.15) is 5.10 Å². The molecule has 1 saturated heterocycles. The van der Waals surface area contributed by atoms with Crippen LogP contribution >= 0.6 is 0 Å². The van der Waals surface area contributed by atoms with E-state index in [2.05, 4.69) is 10.4 Å². The number of nitrogens with one attached hydrogen (secondary N) is 1. The lowest BCUT2D eigenvalue weighted by atomic mass is 10.0. The highest BCUT2D eigenvalue weighted by molar-refractivity contribution is 5.95. The first-order valence-corrected chi connectivity index (χ1v) is 8.82. The predicted molar refractivity (Wildman–Crippen MR) is 99.2 cm³/mol. The lowest BCUT2D eigenvalue weighted by molar-refractivity contribution is -0.117. The Morgan fingerprint density at radius 1 is 1.22 bits per heavy atom. The van der Waals surface area contributed by atoms with Crippen LogP contribution in [0.15, 0.2) is 24.4 Å². The second-order valence-electron chi connectivity index (χ2n) is 6.59. The maximum Gasteiger partial charge on any atom is 0.252 e. The SMILES string of the molecule is COc1cc(CC(=O)Cc2nn([C@H]3CCNC3)cc2C(N)=O)cc(OC)c1. The summed E-state index contributed by atoms with van der Waals surface area (Å²) in [5.41, 5.74) is 6.98. The molecule has 2 heterocycles. The highest BCUT2D eigenvalue weighted by atomic mass is 16.5. The molecule has 0 unspecified atom stereocenters. The highest BCUT2D eigenvalue weighted by Gasteiger charge is 2.23. The number of hydrogen-bond donors (Lipinski definition) is 2. The van der Waals surface area contributed by atoms with E-state index in [1.165, 1.54) is 0 Å². The minimum absolute atomic E-state index is 0.0466. The van der Waals surface area contributed by atoms with Crippen LogP contribution in [0.4, 0.5) is 0 Å². The number of carbonyl (C=O) groups is 2. The molecule has 1 aromatic heterocycles. The number of methoxy groups -OCH3 is 2. The van der Waals surface area contributed by atoms with Crippen molar-refractivity contribution in [2.75, 3.05) is 27.3 Å². The van der Waals surface area contributed by atoms with E-state index in [4.69, 9.17) is 15.2 Å². The van der Waals surface area contributed by atoms with Crippen molar-refractivity contribution >= 4 is 11.7 Å². The van der Waals surface area contributed by atoms with E-state index in [1.54, 1.807) is 43.3 Å². The van der Waals surface area contributed by atoms with E-state index in [-0.39, 0.29) is 24.7 Å². The molecule has 0 aliphatic carbocycles. The van der Waals surface area contributed by atoms with Crippen LogP contribution < -0.4 is 20.5 Å². The molecule has 2 aromatic rings. The molecular formula is C19H24N4O4. The number of benzene rings is 1. The van der Waals surface area contributed by atoms with Gasteiger partial charge < -0.3 is 20.5 Å². The van der Waals surface area contributed by atoms with Crippen LogP contribution in [0.25, 0.3) is 0 Å². The lowest BCUT2D eigenvalue weighted by Crippen LogP contribution is -2.15. The van der Waals surface area contributed by atoms with Crippen LogP contribution in [0.5, 0.6) is 11.5 Å². The molecule has 1 aliphatic heterocycles. The number of aromatic nitrogens is 2. The number of nitrogens with two attached hydrogens (primary N) is 1. The molecule has 0 saturated carbocycles. The van der Waals surface area contributed by atoms with Gasteiger partial charge in [0, 0.05) is 25.2 Å². The van der Waals surface area contributed by atoms with Gasteiger partial charge in [0.15, 0.2) is 0 Å². The van der Waals surface area contributed by atoms with Crippen LogP contribution in [0.1, 0.15) is 34.1 Å². The van der Waals surface area contributed by atoms with Crippen molar-refractivity contribution in [2.45, 2.75) is 25.3 Å². The van der Waals surface area contributed by atoms with Gasteiger partial charge in [0.25, 0.3) is 5.91 Å². The van der Waals surface area contributed by atoms with E-state index in [0.29, 0.717) is 22.8 Å². The third-order valence-corrected chi connectivity index (χ3v) is 4.66. The van der Waals surface area contributed by atoms with E-state index in [1.807, 2.05) is 0 Å². The summed E-state index contributed by atoms with van der Waals surface area (Å²) in [4.78, 5) is 24.4. The lowest BCUT2D eigenvalue weighted by Gasteiger charge is -2.08. The molecular weight excluding hydrogens is 348 g/mol. The number of Topliss-reactive ketones (excluding diaryl/α,β-unsaturated/α-hetero) is 1. The number of amides is 1. The largest absolute Gasteiger partial charge is 0.497 e. The number of nitrogens with zero attached hydrogens (tertiary/aromatic N) is 2. The number of hydrogen-bond acceptors (Lipinski definition) is 6. The van der Waals surface area contributed by atoms with Gasteiger partial charge in [-0.25, -0.2) is 0 Å². The molecule has 3 N–H and O–H groups in total. The summed E-state index contributed by atoms with van der Waals surface area (Å²) < 4.78 is 12.2. The summed E-state index contributed by atoms with van der Waals surface area (Å²) in [6, 6.07) is 5.50. The van der Waals surface area contributed by atoms with Crippen molar-refractivity contribution in [1.82, 2.24) is 15.1 Å². The van der Waals surface area contributed by atoms with E-state index in [9.17, 15) is 9.59 Å². The Labute approximate surface area is 157 Å². The average molecular weight is 372 g/mol. The van der Waals surface area contributed by atoms with Crippen LogP contribution in [-0.2, 0) is 17.6 Å². The van der Waals surface area contributed by atoms with E-state index in [0.717, 1.165) is 25.1 Å². The van der Waals surface area contributed by atoms with Crippen LogP contribution in [-0.4, -0.2) is 48.8 Å². The summed E-state index contributed by atoms with van der Waals surface area (Å²) in [6.07, 6.45) is 2.81. The molecule has 8 heteroatoms. The van der Waals surface area contributed by atoms with E-state index >= 15 is 0 Å². The third kappa shape index (κ3) is 4.46. The van der Waals surface area contributed by atoms with Crippen molar-refractivity contribution in [1.29, 1.82) is 0 Å². The third-order valence-electron chi connectivity index (χ3n) is 4.66. The monoisotopic (exact) mass is 372 g/mol. The topological polar surface area (TPSA) is 108 Å². The van der Waals surface area contributed by atoms with Gasteiger partial charge in [0.05, 0.1) is 37.9 Å². The summed E-state index contributed by atoms with van der Waals surface area (Å²) in [5, 5.41) is 7.72. The van der Waals surface area contributed by atoms with Gasteiger partial charge in [-0.05, 0) is 30.7 Å². The predicted octanol–water partition coefficient (Wildman–Crippen LogP) is 0.888. The first kappa shape index (κ1) is 18.9. The summed E-state index contributed by atoms with van der Waals surface area (Å²) in [6.45, 7) is 1.69. The number of ketones is 1. The zero-order valence-corrected chi connectivity index (χ0v) is 15.5. The molecule has 0 radical (unpaired) electrons. The number of carbonyl (C=O) groups excluding carboxylic acids is 2. The molecule has 8 nitrogen and oxygen atoms in total. The van der Waals surface area contributed by atoms with Crippen LogP contribution in [0.2, 0.25) is 0 Å². The fourth-order valence-corrected chi connectivity index (χ4v) is 3.26.